The first-order valence-corrected chi connectivity index (χ1v) is 6.23. The van der Waals surface area contributed by atoms with Gasteiger partial charge in [0.2, 0.25) is 0 Å². The molecule has 2 N–H and O–H groups in total. The summed E-state index contributed by atoms with van der Waals surface area (Å²) >= 11 is 0. The summed E-state index contributed by atoms with van der Waals surface area (Å²) in [6.45, 7) is 0.259. The third-order valence-corrected chi connectivity index (χ3v) is 2.89. The number of hydrogen-bond donors (Lipinski definition) is 2. The highest BCUT2D eigenvalue weighted by Gasteiger charge is 2.27. The Morgan fingerprint density at radius 3 is 2.68 bits per heavy atom. The summed E-state index contributed by atoms with van der Waals surface area (Å²) in [5.41, 5.74) is -0.730. The van der Waals surface area contributed by atoms with Crippen molar-refractivity contribution in [3.63, 3.8) is 0 Å². The summed E-state index contributed by atoms with van der Waals surface area (Å²) in [7, 11) is 0. The Bertz CT molecular complexity index is 659. The molecule has 0 saturated carbocycles. The molecule has 0 aliphatic heterocycles. The summed E-state index contributed by atoms with van der Waals surface area (Å²) < 4.78 is 42.0. The molecule has 1 heterocycles. The number of alkyl halides is 2. The molecule has 0 spiro atoms. The molecule has 1 aromatic carbocycles. The summed E-state index contributed by atoms with van der Waals surface area (Å²) in [6.07, 6.45) is 1.43. The van der Waals surface area contributed by atoms with E-state index in [-0.39, 0.29) is 11.3 Å². The van der Waals surface area contributed by atoms with Crippen molar-refractivity contribution in [3.05, 3.63) is 41.5 Å². The molecule has 0 unspecified atom stereocenters. The van der Waals surface area contributed by atoms with Crippen molar-refractivity contribution in [3.8, 4) is 5.75 Å². The SMILES string of the molecule is CC(C)(NC(=O)c1ccc(OC(F)F)cc1F)c1cn[nH]n1. The van der Waals surface area contributed by atoms with Crippen LogP contribution in [-0.2, 0) is 5.54 Å². The highest BCUT2D eigenvalue weighted by atomic mass is 19.3. The molecule has 0 atom stereocenters. The Morgan fingerprint density at radius 1 is 1.41 bits per heavy atom. The van der Waals surface area contributed by atoms with Gasteiger partial charge in [0.15, 0.2) is 0 Å². The van der Waals surface area contributed by atoms with Crippen molar-refractivity contribution in [2.75, 3.05) is 0 Å². The van der Waals surface area contributed by atoms with E-state index in [9.17, 15) is 18.0 Å². The lowest BCUT2D eigenvalue weighted by Gasteiger charge is -2.23. The van der Waals surface area contributed by atoms with Gasteiger partial charge in [0.1, 0.15) is 17.3 Å². The van der Waals surface area contributed by atoms with Gasteiger partial charge in [-0.15, -0.1) is 0 Å². The van der Waals surface area contributed by atoms with Crippen molar-refractivity contribution < 1.29 is 22.7 Å². The van der Waals surface area contributed by atoms with E-state index in [0.717, 1.165) is 18.2 Å². The average Bonchev–Trinajstić information content (AvgIpc) is 2.91. The van der Waals surface area contributed by atoms with E-state index in [0.29, 0.717) is 5.69 Å². The number of benzene rings is 1. The van der Waals surface area contributed by atoms with Crippen LogP contribution in [0.3, 0.4) is 0 Å². The molecule has 118 valence electrons. The van der Waals surface area contributed by atoms with Gasteiger partial charge in [0, 0.05) is 6.07 Å². The summed E-state index contributed by atoms with van der Waals surface area (Å²) in [4.78, 5) is 12.1. The van der Waals surface area contributed by atoms with Crippen molar-refractivity contribution in [2.24, 2.45) is 0 Å². The molecule has 1 aromatic heterocycles. The number of nitrogens with zero attached hydrogens (tertiary/aromatic N) is 2. The van der Waals surface area contributed by atoms with Crippen LogP contribution < -0.4 is 10.1 Å². The van der Waals surface area contributed by atoms with Gasteiger partial charge >= 0.3 is 6.61 Å². The predicted octanol–water partition coefficient (Wildman–Crippen LogP) is 2.21. The van der Waals surface area contributed by atoms with Gasteiger partial charge in [0.25, 0.3) is 5.91 Å². The number of H-pyrrole nitrogens is 1. The van der Waals surface area contributed by atoms with Crippen LogP contribution in [-0.4, -0.2) is 27.9 Å². The first-order valence-electron chi connectivity index (χ1n) is 6.23. The largest absolute Gasteiger partial charge is 0.435 e. The van der Waals surface area contributed by atoms with E-state index >= 15 is 0 Å². The average molecular weight is 314 g/mol. The van der Waals surface area contributed by atoms with Gasteiger partial charge in [-0.25, -0.2) is 4.39 Å². The lowest BCUT2D eigenvalue weighted by atomic mass is 10.0. The van der Waals surface area contributed by atoms with Crippen molar-refractivity contribution in [1.29, 1.82) is 0 Å². The molecule has 6 nitrogen and oxygen atoms in total. The molecule has 0 saturated heterocycles. The molecular weight excluding hydrogens is 301 g/mol. The summed E-state index contributed by atoms with van der Waals surface area (Å²) in [6, 6.07) is 2.89. The van der Waals surface area contributed by atoms with Crippen molar-refractivity contribution >= 4 is 5.91 Å². The molecule has 1 amide bonds. The highest BCUT2D eigenvalue weighted by molar-refractivity contribution is 5.95. The standard InChI is InChI=1S/C13H13F3N4O2/c1-13(2,10-6-17-20-19-10)18-11(21)8-4-3-7(5-9(8)14)22-12(15)16/h3-6,12H,1-2H3,(H,18,21)(H,17,19,20). The van der Waals surface area contributed by atoms with Crippen LogP contribution in [0, 0.1) is 5.82 Å². The number of halogens is 3. The van der Waals surface area contributed by atoms with Gasteiger partial charge < -0.3 is 10.1 Å². The Hall–Kier alpha value is -2.58. The molecule has 0 bridgehead atoms. The fraction of sp³-hybridized carbons (Fsp3) is 0.308. The smallest absolute Gasteiger partial charge is 0.387 e. The van der Waals surface area contributed by atoms with Gasteiger partial charge in [-0.1, -0.05) is 0 Å². The molecule has 2 aromatic rings. The Kier molecular flexibility index (Phi) is 4.34. The van der Waals surface area contributed by atoms with E-state index in [1.54, 1.807) is 13.8 Å². The van der Waals surface area contributed by atoms with Crippen LogP contribution in [0.25, 0.3) is 0 Å². The maximum Gasteiger partial charge on any atom is 0.387 e. The molecule has 0 fully saturated rings. The second kappa shape index (κ2) is 6.04. The quantitative estimate of drug-likeness (QED) is 0.887. The van der Waals surface area contributed by atoms with Crippen LogP contribution in [0.2, 0.25) is 0 Å². The van der Waals surface area contributed by atoms with Crippen LogP contribution in [0.5, 0.6) is 5.75 Å². The second-order valence-corrected chi connectivity index (χ2v) is 4.95. The maximum absolute atomic E-state index is 13.8. The number of ether oxygens (including phenoxy) is 1. The van der Waals surface area contributed by atoms with Crippen molar-refractivity contribution in [1.82, 2.24) is 20.7 Å². The molecular formula is C13H13F3N4O2. The van der Waals surface area contributed by atoms with Crippen LogP contribution in [0.1, 0.15) is 29.9 Å². The monoisotopic (exact) mass is 314 g/mol. The van der Waals surface area contributed by atoms with Crippen LogP contribution in [0.15, 0.2) is 24.4 Å². The predicted molar refractivity (Wildman–Crippen MR) is 69.9 cm³/mol. The molecule has 22 heavy (non-hydrogen) atoms. The number of carbonyl (C=O) groups is 1. The number of aromatic nitrogens is 3. The minimum Gasteiger partial charge on any atom is -0.435 e. The van der Waals surface area contributed by atoms with E-state index in [1.807, 2.05) is 0 Å². The lowest BCUT2D eigenvalue weighted by Crippen LogP contribution is -2.41. The zero-order valence-electron chi connectivity index (χ0n) is 11.7. The fourth-order valence-corrected chi connectivity index (χ4v) is 1.77. The molecule has 0 radical (unpaired) electrons. The molecule has 0 aliphatic rings. The van der Waals surface area contributed by atoms with Crippen LogP contribution in [0.4, 0.5) is 13.2 Å². The molecule has 0 aliphatic carbocycles. The number of carbonyl (C=O) groups excluding carboxylic acids is 1. The van der Waals surface area contributed by atoms with Gasteiger partial charge in [0.05, 0.1) is 17.3 Å². The minimum atomic E-state index is -3.06. The third-order valence-electron chi connectivity index (χ3n) is 2.89. The fourth-order valence-electron chi connectivity index (χ4n) is 1.77. The van der Waals surface area contributed by atoms with Crippen molar-refractivity contribution in [2.45, 2.75) is 26.0 Å². The zero-order valence-corrected chi connectivity index (χ0v) is 11.7. The van der Waals surface area contributed by atoms with E-state index in [2.05, 4.69) is 25.5 Å². The number of nitrogens with one attached hydrogen (secondary N) is 2. The van der Waals surface area contributed by atoms with Gasteiger partial charge in [-0.3, -0.25) is 4.79 Å². The van der Waals surface area contributed by atoms with E-state index in [4.69, 9.17) is 0 Å². The first-order chi connectivity index (χ1) is 10.3. The van der Waals surface area contributed by atoms with Crippen LogP contribution >= 0.6 is 0 Å². The Labute approximate surface area is 123 Å². The number of amides is 1. The van der Waals surface area contributed by atoms with Gasteiger partial charge in [-0.05, 0) is 26.0 Å². The van der Waals surface area contributed by atoms with E-state index in [1.165, 1.54) is 6.20 Å². The second-order valence-electron chi connectivity index (χ2n) is 4.95. The number of aromatic amines is 1. The maximum atomic E-state index is 13.8. The normalized spacial score (nSPS) is 11.5. The summed E-state index contributed by atoms with van der Waals surface area (Å²) in [5, 5.41) is 12.5. The molecule has 9 heteroatoms. The van der Waals surface area contributed by atoms with E-state index < -0.39 is 23.9 Å². The molecule has 2 rings (SSSR count). The minimum absolute atomic E-state index is 0.293. The first kappa shape index (κ1) is 15.8. The lowest BCUT2D eigenvalue weighted by molar-refractivity contribution is -0.0499. The zero-order chi connectivity index (χ0) is 16.3. The number of rotatable bonds is 5. The Balaban J connectivity index is 2.16. The number of hydrogen-bond acceptors (Lipinski definition) is 4. The third kappa shape index (κ3) is 3.54. The highest BCUT2D eigenvalue weighted by Crippen LogP contribution is 2.21. The Morgan fingerprint density at radius 2 is 2.14 bits per heavy atom. The topological polar surface area (TPSA) is 79.9 Å². The van der Waals surface area contributed by atoms with Gasteiger partial charge in [-0.2, -0.15) is 24.2 Å². The summed E-state index contributed by atoms with van der Waals surface area (Å²) in [5.74, 6) is -2.04.